The molecule has 0 unspecified atom stereocenters. The number of hydrogen-bond donors (Lipinski definition) is 0. The molecule has 8 aromatic rings. The van der Waals surface area contributed by atoms with Crippen LogP contribution in [0.5, 0.6) is 0 Å². The molecule has 0 amide bonds. The second-order valence-electron chi connectivity index (χ2n) is 15.9. The smallest absolute Gasteiger partial charge is 0.0892 e. The maximum atomic E-state index is 4.61. The molecule has 4 heteroatoms. The van der Waals surface area contributed by atoms with Crippen molar-refractivity contribution in [3.8, 4) is 55.9 Å². The number of aromatic nitrogens is 2. The fourth-order valence-corrected chi connectivity index (χ4v) is 9.82. The second-order valence-corrected chi connectivity index (χ2v) is 17.0. The molecule has 0 fully saturated rings. The predicted octanol–water partition coefficient (Wildman–Crippen LogP) is 15.2. The SMILES string of the molecule is Cc1cc(-c2cc(C)c(-c3cc(C)c(-c4cc(C)c(N5c6ccccc6Sc6ccccc65)cc4C)cc3C)cc2C)c(C)cc1-c1ccnc(-c2ccccn2)c1. The number of rotatable bonds is 6. The summed E-state index contributed by atoms with van der Waals surface area (Å²) in [5, 5.41) is 0. The van der Waals surface area contributed by atoms with E-state index in [4.69, 9.17) is 0 Å². The van der Waals surface area contributed by atoms with Crippen molar-refractivity contribution in [3.63, 3.8) is 0 Å². The van der Waals surface area contributed by atoms with E-state index in [2.05, 4.69) is 179 Å². The zero-order valence-corrected chi connectivity index (χ0v) is 35.3. The van der Waals surface area contributed by atoms with Crippen LogP contribution in [-0.2, 0) is 0 Å². The molecule has 284 valence electrons. The lowest BCUT2D eigenvalue weighted by Gasteiger charge is -2.34. The molecular formula is C54H47N3S. The number of aryl methyl sites for hydroxylation is 8. The molecule has 6 aromatic carbocycles. The third-order valence-corrected chi connectivity index (χ3v) is 12.9. The fourth-order valence-electron chi connectivity index (χ4n) is 8.76. The topological polar surface area (TPSA) is 29.0 Å². The van der Waals surface area contributed by atoms with Crippen molar-refractivity contribution in [2.24, 2.45) is 0 Å². The minimum Gasteiger partial charge on any atom is -0.308 e. The molecule has 0 saturated carbocycles. The van der Waals surface area contributed by atoms with E-state index < -0.39 is 0 Å². The van der Waals surface area contributed by atoms with Crippen LogP contribution >= 0.6 is 11.8 Å². The fraction of sp³-hybridized carbons (Fsp3) is 0.148. The van der Waals surface area contributed by atoms with Gasteiger partial charge in [-0.2, -0.15) is 0 Å². The van der Waals surface area contributed by atoms with E-state index in [0.29, 0.717) is 0 Å². The Morgan fingerprint density at radius 2 is 0.759 bits per heavy atom. The normalized spacial score (nSPS) is 12.0. The molecule has 0 aliphatic carbocycles. The van der Waals surface area contributed by atoms with Crippen molar-refractivity contribution in [2.45, 2.75) is 65.2 Å². The summed E-state index contributed by atoms with van der Waals surface area (Å²) in [7, 11) is 0. The molecule has 0 saturated heterocycles. The summed E-state index contributed by atoms with van der Waals surface area (Å²) >= 11 is 1.85. The second kappa shape index (κ2) is 14.9. The molecular weight excluding hydrogens is 723 g/mol. The van der Waals surface area contributed by atoms with Crippen LogP contribution in [0.3, 0.4) is 0 Å². The first-order valence-electron chi connectivity index (χ1n) is 20.1. The van der Waals surface area contributed by atoms with Crippen molar-refractivity contribution in [3.05, 3.63) is 184 Å². The highest BCUT2D eigenvalue weighted by molar-refractivity contribution is 7.99. The Bertz CT molecular complexity index is 2860. The van der Waals surface area contributed by atoms with Crippen molar-refractivity contribution >= 4 is 28.8 Å². The van der Waals surface area contributed by atoms with E-state index in [-0.39, 0.29) is 0 Å². The van der Waals surface area contributed by atoms with E-state index in [1.807, 2.05) is 42.4 Å². The summed E-state index contributed by atoms with van der Waals surface area (Å²) in [5.41, 5.74) is 25.7. The van der Waals surface area contributed by atoms with Gasteiger partial charge < -0.3 is 4.90 Å². The minimum atomic E-state index is 0.881. The van der Waals surface area contributed by atoms with Gasteiger partial charge in [0.1, 0.15) is 0 Å². The van der Waals surface area contributed by atoms with Gasteiger partial charge in [-0.25, -0.2) is 0 Å². The van der Waals surface area contributed by atoms with Crippen LogP contribution in [0, 0.1) is 55.4 Å². The number of benzene rings is 6. The van der Waals surface area contributed by atoms with E-state index in [1.54, 1.807) is 0 Å². The first kappa shape index (κ1) is 37.4. The number of anilines is 3. The van der Waals surface area contributed by atoms with Crippen molar-refractivity contribution in [2.75, 3.05) is 4.90 Å². The molecule has 0 bridgehead atoms. The largest absolute Gasteiger partial charge is 0.308 e. The number of pyridine rings is 2. The van der Waals surface area contributed by atoms with Crippen LogP contribution < -0.4 is 4.90 Å². The van der Waals surface area contributed by atoms with Gasteiger partial charge in [0.25, 0.3) is 0 Å². The average Bonchev–Trinajstić information content (AvgIpc) is 3.23. The van der Waals surface area contributed by atoms with E-state index in [0.717, 1.165) is 17.0 Å². The molecule has 1 aliphatic rings. The third-order valence-electron chi connectivity index (χ3n) is 11.8. The zero-order valence-electron chi connectivity index (χ0n) is 34.5. The molecule has 1 aliphatic heterocycles. The average molecular weight is 770 g/mol. The molecule has 0 radical (unpaired) electrons. The van der Waals surface area contributed by atoms with Crippen molar-refractivity contribution < 1.29 is 0 Å². The van der Waals surface area contributed by atoms with Gasteiger partial charge in [0.05, 0.1) is 22.8 Å². The first-order valence-corrected chi connectivity index (χ1v) is 20.9. The molecule has 3 nitrogen and oxygen atoms in total. The standard InChI is InChI=1S/C54H47N3S/c1-32-24-42(33(2)23-41(32)40-20-22-56-49(31-40)48-15-13-14-21-55-48)43-25-35(4)44(26-34(43)3)45-27-37(6)46(28-36(45)5)47-29-39(8)52(30-38(47)7)57-50-16-9-11-18-53(50)58-54-19-12-10-17-51(54)57/h9-31H,1-8H3. The highest BCUT2D eigenvalue weighted by atomic mass is 32.2. The molecule has 0 atom stereocenters. The van der Waals surface area contributed by atoms with Crippen molar-refractivity contribution in [1.82, 2.24) is 9.97 Å². The third kappa shape index (κ3) is 6.62. The number of fused-ring (bicyclic) bond motifs is 2. The Kier molecular flexibility index (Phi) is 9.62. The molecule has 9 rings (SSSR count). The highest BCUT2D eigenvalue weighted by Crippen LogP contribution is 2.52. The monoisotopic (exact) mass is 769 g/mol. The predicted molar refractivity (Wildman–Crippen MR) is 246 cm³/mol. The molecule has 58 heavy (non-hydrogen) atoms. The lowest BCUT2D eigenvalue weighted by atomic mass is 9.85. The minimum absolute atomic E-state index is 0.881. The van der Waals surface area contributed by atoms with E-state index in [9.17, 15) is 0 Å². The van der Waals surface area contributed by atoms with Gasteiger partial charge in [0.15, 0.2) is 0 Å². The molecule has 3 heterocycles. The van der Waals surface area contributed by atoms with E-state index >= 15 is 0 Å². The van der Waals surface area contributed by atoms with E-state index in [1.165, 1.54) is 110 Å². The molecule has 0 spiro atoms. The Labute approximate surface area is 347 Å². The number of para-hydroxylation sites is 2. The van der Waals surface area contributed by atoms with Crippen LogP contribution in [0.15, 0.2) is 150 Å². The van der Waals surface area contributed by atoms with Crippen LogP contribution in [-0.4, -0.2) is 9.97 Å². The summed E-state index contributed by atoms with van der Waals surface area (Å²) in [6, 6.07) is 46.7. The van der Waals surface area contributed by atoms with Gasteiger partial charge in [-0.1, -0.05) is 78.5 Å². The van der Waals surface area contributed by atoms with Gasteiger partial charge in [-0.15, -0.1) is 0 Å². The highest BCUT2D eigenvalue weighted by Gasteiger charge is 2.26. The molecule has 2 aromatic heterocycles. The Hall–Kier alpha value is -6.23. The van der Waals surface area contributed by atoms with Crippen molar-refractivity contribution in [1.29, 1.82) is 0 Å². The lowest BCUT2D eigenvalue weighted by Crippen LogP contribution is -2.16. The quantitative estimate of drug-likeness (QED) is 0.168. The summed E-state index contributed by atoms with van der Waals surface area (Å²) in [4.78, 5) is 14.1. The maximum Gasteiger partial charge on any atom is 0.0892 e. The van der Waals surface area contributed by atoms with Gasteiger partial charge in [-0.3, -0.25) is 9.97 Å². The van der Waals surface area contributed by atoms with Gasteiger partial charge in [0, 0.05) is 27.9 Å². The summed E-state index contributed by atoms with van der Waals surface area (Å²) < 4.78 is 0. The van der Waals surface area contributed by atoms with Crippen LogP contribution in [0.1, 0.15) is 44.5 Å². The van der Waals surface area contributed by atoms with Gasteiger partial charge in [0.2, 0.25) is 0 Å². The van der Waals surface area contributed by atoms with Crippen LogP contribution in [0.2, 0.25) is 0 Å². The zero-order chi connectivity index (χ0) is 40.2. The van der Waals surface area contributed by atoms with Crippen LogP contribution in [0.25, 0.3) is 55.9 Å². The Balaban J connectivity index is 1.04. The maximum absolute atomic E-state index is 4.61. The lowest BCUT2D eigenvalue weighted by molar-refractivity contribution is 1.15. The summed E-state index contributed by atoms with van der Waals surface area (Å²) in [6.45, 7) is 18.0. The Morgan fingerprint density at radius 1 is 0.345 bits per heavy atom. The first-order chi connectivity index (χ1) is 28.0. The summed E-state index contributed by atoms with van der Waals surface area (Å²) in [5.74, 6) is 0. The Morgan fingerprint density at radius 3 is 1.26 bits per heavy atom. The molecule has 0 N–H and O–H groups in total. The number of hydrogen-bond acceptors (Lipinski definition) is 4. The van der Waals surface area contributed by atoms with Gasteiger partial charge in [-0.05, 0) is 205 Å². The van der Waals surface area contributed by atoms with Gasteiger partial charge >= 0.3 is 0 Å². The number of nitrogens with zero attached hydrogens (tertiary/aromatic N) is 3. The summed E-state index contributed by atoms with van der Waals surface area (Å²) in [6.07, 6.45) is 3.70. The van der Waals surface area contributed by atoms with Crippen LogP contribution in [0.4, 0.5) is 17.1 Å².